The van der Waals surface area contributed by atoms with E-state index < -0.39 is 0 Å². The van der Waals surface area contributed by atoms with Crippen molar-refractivity contribution in [2.75, 3.05) is 0 Å². The number of hydrogen-bond acceptors (Lipinski definition) is 5. The van der Waals surface area contributed by atoms with Crippen molar-refractivity contribution in [3.8, 4) is 11.1 Å². The maximum atomic E-state index is 6.76. The van der Waals surface area contributed by atoms with Gasteiger partial charge in [-0.25, -0.2) is 9.98 Å². The van der Waals surface area contributed by atoms with E-state index in [1.165, 1.54) is 38.1 Å². The number of amidine groups is 2. The number of furan rings is 2. The lowest BCUT2D eigenvalue weighted by Gasteiger charge is -2.24. The monoisotopic (exact) mass is 719 g/mol. The summed E-state index contributed by atoms with van der Waals surface area (Å²) in [5, 5.41) is 12.9. The van der Waals surface area contributed by atoms with Gasteiger partial charge in [0.15, 0.2) is 5.84 Å². The summed E-state index contributed by atoms with van der Waals surface area (Å²) in [7, 11) is 0. The second kappa shape index (κ2) is 12.1. The van der Waals surface area contributed by atoms with Crippen LogP contribution in [0.15, 0.2) is 177 Å². The largest absolute Gasteiger partial charge is 0.456 e. The predicted molar refractivity (Wildman–Crippen MR) is 231 cm³/mol. The molecule has 0 spiro atoms. The molecule has 0 radical (unpaired) electrons. The molecule has 5 nitrogen and oxygen atoms in total. The van der Waals surface area contributed by atoms with E-state index >= 15 is 0 Å². The molecule has 2 aromatic heterocycles. The molecule has 1 N–H and O–H groups in total. The molecular weight excluding hydrogens is 687 g/mol. The topological polar surface area (TPSA) is 63.0 Å². The quantitative estimate of drug-likeness (QED) is 0.184. The fourth-order valence-electron chi connectivity index (χ4n) is 8.92. The van der Waals surface area contributed by atoms with Crippen LogP contribution in [0.25, 0.3) is 82.6 Å². The molecule has 0 saturated carbocycles. The highest BCUT2D eigenvalue weighted by atomic mass is 16.3. The SMILES string of the molecule is C1=Cc2cc(-c3cc(C4=NC(c5ccc6ccc7ccccc7c6c5)=NC(c5ccccc5)N4)c4c(c3)oc3ccccc34)c3oc4ccccc4c3c2CC1. The van der Waals surface area contributed by atoms with Crippen molar-refractivity contribution in [1.29, 1.82) is 0 Å². The van der Waals surface area contributed by atoms with Gasteiger partial charge in [0.05, 0.1) is 0 Å². The van der Waals surface area contributed by atoms with Crippen LogP contribution in [0.4, 0.5) is 0 Å². The zero-order valence-corrected chi connectivity index (χ0v) is 30.3. The third-order valence-corrected chi connectivity index (χ3v) is 11.6. The van der Waals surface area contributed by atoms with E-state index in [0.717, 1.165) is 85.0 Å². The van der Waals surface area contributed by atoms with Crippen molar-refractivity contribution in [2.45, 2.75) is 19.0 Å². The zero-order chi connectivity index (χ0) is 36.7. The number of aryl methyl sites for hydroxylation is 1. The minimum atomic E-state index is -0.366. The standard InChI is InChI=1S/C51H33N3O2/c1-2-13-32(14-3-1)49-52-50(34-25-24-31-23-22-30-12-4-6-16-36(30)40(31)27-34)54-51(53-49)42-28-35(29-45-46(42)38-18-8-10-20-43(38)55-45)41-26-33-15-5-7-17-37(33)47-39-19-9-11-21-44(39)56-48(41)47/h1-6,8-16,18-29,49H,7,17H2,(H,52,53,54). The molecule has 56 heavy (non-hydrogen) atoms. The molecule has 1 atom stereocenters. The number of nitrogens with zero attached hydrogens (tertiary/aromatic N) is 2. The van der Waals surface area contributed by atoms with Crippen LogP contribution >= 0.6 is 0 Å². The van der Waals surface area contributed by atoms with Crippen LogP contribution in [0.5, 0.6) is 0 Å². The Labute approximate surface area is 321 Å². The van der Waals surface area contributed by atoms with E-state index in [4.69, 9.17) is 18.8 Å². The third-order valence-electron chi connectivity index (χ3n) is 11.6. The number of allylic oxidation sites excluding steroid dienone is 1. The van der Waals surface area contributed by atoms with Crippen LogP contribution in [0.3, 0.4) is 0 Å². The summed E-state index contributed by atoms with van der Waals surface area (Å²) in [5.74, 6) is 1.41. The first kappa shape index (κ1) is 31.1. The molecule has 0 amide bonds. The minimum absolute atomic E-state index is 0.366. The normalized spacial score (nSPS) is 15.5. The summed E-state index contributed by atoms with van der Waals surface area (Å²) in [6, 6.07) is 53.2. The lowest BCUT2D eigenvalue weighted by Crippen LogP contribution is -2.33. The summed E-state index contributed by atoms with van der Waals surface area (Å²) in [5.41, 5.74) is 11.0. The van der Waals surface area contributed by atoms with Gasteiger partial charge in [0, 0.05) is 38.2 Å². The fourth-order valence-corrected chi connectivity index (χ4v) is 8.92. The molecule has 0 bridgehead atoms. The Bertz CT molecular complexity index is 3350. The van der Waals surface area contributed by atoms with Gasteiger partial charge in [-0.15, -0.1) is 0 Å². The molecule has 0 fully saturated rings. The van der Waals surface area contributed by atoms with Crippen LogP contribution in [-0.4, -0.2) is 11.7 Å². The molecule has 12 rings (SSSR count). The van der Waals surface area contributed by atoms with Gasteiger partial charge in [0.25, 0.3) is 0 Å². The van der Waals surface area contributed by atoms with Crippen molar-refractivity contribution >= 4 is 83.2 Å². The lowest BCUT2D eigenvalue weighted by atomic mass is 9.88. The van der Waals surface area contributed by atoms with E-state index in [1.807, 2.05) is 24.3 Å². The van der Waals surface area contributed by atoms with Gasteiger partial charge < -0.3 is 14.2 Å². The van der Waals surface area contributed by atoms with Gasteiger partial charge in [-0.2, -0.15) is 0 Å². The molecule has 1 aliphatic carbocycles. The zero-order valence-electron chi connectivity index (χ0n) is 30.3. The summed E-state index contributed by atoms with van der Waals surface area (Å²) >= 11 is 0. The molecule has 5 heteroatoms. The number of benzene rings is 8. The first-order valence-corrected chi connectivity index (χ1v) is 19.2. The summed E-state index contributed by atoms with van der Waals surface area (Å²) in [6.45, 7) is 0. The van der Waals surface area contributed by atoms with Gasteiger partial charge in [-0.1, -0.05) is 127 Å². The molecule has 3 heterocycles. The predicted octanol–water partition coefficient (Wildman–Crippen LogP) is 12.9. The number of hydrogen-bond donors (Lipinski definition) is 1. The summed E-state index contributed by atoms with van der Waals surface area (Å²) < 4.78 is 13.4. The van der Waals surface area contributed by atoms with E-state index in [2.05, 4.69) is 145 Å². The van der Waals surface area contributed by atoms with Crippen LogP contribution < -0.4 is 5.32 Å². The fraction of sp³-hybridized carbons (Fsp3) is 0.0588. The van der Waals surface area contributed by atoms with E-state index in [1.54, 1.807) is 0 Å². The van der Waals surface area contributed by atoms with Crippen LogP contribution in [0.1, 0.15) is 40.4 Å². The average Bonchev–Trinajstić information content (AvgIpc) is 3.85. The van der Waals surface area contributed by atoms with E-state index in [9.17, 15) is 0 Å². The highest BCUT2D eigenvalue weighted by molar-refractivity contribution is 6.24. The van der Waals surface area contributed by atoms with Gasteiger partial charge in [0.2, 0.25) is 0 Å². The Morgan fingerprint density at radius 1 is 0.554 bits per heavy atom. The Kier molecular flexibility index (Phi) is 6.75. The second-order valence-corrected chi connectivity index (χ2v) is 14.8. The van der Waals surface area contributed by atoms with E-state index in [0.29, 0.717) is 5.84 Å². The van der Waals surface area contributed by atoms with Crippen molar-refractivity contribution in [2.24, 2.45) is 9.98 Å². The molecule has 0 saturated heterocycles. The minimum Gasteiger partial charge on any atom is -0.456 e. The smallest absolute Gasteiger partial charge is 0.159 e. The Morgan fingerprint density at radius 2 is 1.27 bits per heavy atom. The summed E-state index contributed by atoms with van der Waals surface area (Å²) in [4.78, 5) is 10.7. The van der Waals surface area contributed by atoms with Gasteiger partial charge in [0.1, 0.15) is 34.3 Å². The molecule has 2 aliphatic rings. The number of fused-ring (bicyclic) bond motifs is 11. The molecular formula is C51H33N3O2. The maximum absolute atomic E-state index is 6.76. The van der Waals surface area contributed by atoms with Crippen LogP contribution in [0, 0.1) is 0 Å². The molecule has 1 unspecified atom stereocenters. The maximum Gasteiger partial charge on any atom is 0.159 e. The van der Waals surface area contributed by atoms with Crippen LogP contribution in [0.2, 0.25) is 0 Å². The van der Waals surface area contributed by atoms with Gasteiger partial charge >= 0.3 is 0 Å². The highest BCUT2D eigenvalue weighted by Gasteiger charge is 2.27. The third kappa shape index (κ3) is 4.80. The number of para-hydroxylation sites is 2. The first-order valence-electron chi connectivity index (χ1n) is 19.2. The number of aliphatic imine (C=N–C) groups is 2. The average molecular weight is 720 g/mol. The van der Waals surface area contributed by atoms with E-state index in [-0.39, 0.29) is 6.17 Å². The van der Waals surface area contributed by atoms with Crippen molar-refractivity contribution in [3.05, 3.63) is 186 Å². The Balaban J connectivity index is 1.12. The van der Waals surface area contributed by atoms with Crippen molar-refractivity contribution in [3.63, 3.8) is 0 Å². The highest BCUT2D eigenvalue weighted by Crippen LogP contribution is 2.44. The summed E-state index contributed by atoms with van der Waals surface area (Å²) in [6.07, 6.45) is 6.16. The van der Waals surface area contributed by atoms with Crippen molar-refractivity contribution < 1.29 is 8.83 Å². The van der Waals surface area contributed by atoms with Gasteiger partial charge in [-0.05, 0) is 93.0 Å². The first-order chi connectivity index (χ1) is 27.7. The molecule has 8 aromatic carbocycles. The Morgan fingerprint density at radius 3 is 2.12 bits per heavy atom. The molecule has 264 valence electrons. The van der Waals surface area contributed by atoms with Gasteiger partial charge in [-0.3, -0.25) is 0 Å². The van der Waals surface area contributed by atoms with Crippen LogP contribution in [-0.2, 0) is 6.42 Å². The Hall–Kier alpha value is -7.24. The number of nitrogens with one attached hydrogen (secondary N) is 1. The molecule has 10 aromatic rings. The lowest BCUT2D eigenvalue weighted by molar-refractivity contribution is 0.667. The van der Waals surface area contributed by atoms with Crippen molar-refractivity contribution in [1.82, 2.24) is 5.32 Å². The molecule has 1 aliphatic heterocycles. The second-order valence-electron chi connectivity index (χ2n) is 14.8. The number of rotatable bonds is 4.